The predicted octanol–water partition coefficient (Wildman–Crippen LogP) is 3.20. The maximum absolute atomic E-state index is 13.0. The van der Waals surface area contributed by atoms with Crippen LogP contribution in [0.2, 0.25) is 0 Å². The van der Waals surface area contributed by atoms with E-state index in [2.05, 4.69) is 0 Å². The second-order valence-electron chi connectivity index (χ2n) is 10.8. The summed E-state index contributed by atoms with van der Waals surface area (Å²) in [7, 11) is 1.55. The summed E-state index contributed by atoms with van der Waals surface area (Å²) in [5.41, 5.74) is 1.29. The Morgan fingerprint density at radius 3 is 2.12 bits per heavy atom. The number of ether oxygens (including phenoxy) is 8. The molecule has 0 aliphatic carbocycles. The highest BCUT2D eigenvalue weighted by molar-refractivity contribution is 5.89. The number of hydrogen-bond acceptors (Lipinski definition) is 10. The lowest BCUT2D eigenvalue weighted by atomic mass is 9.97. The summed E-state index contributed by atoms with van der Waals surface area (Å²) in [5.74, 6) is -1.42. The molecule has 0 radical (unpaired) electrons. The van der Waals surface area contributed by atoms with Crippen molar-refractivity contribution in [2.75, 3.05) is 7.11 Å². The second kappa shape index (κ2) is 12.2. The number of aliphatic hydroxyl groups excluding tert-OH is 1. The Morgan fingerprint density at radius 2 is 1.45 bits per heavy atom. The van der Waals surface area contributed by atoms with Crippen LogP contribution in [0.5, 0.6) is 0 Å². The number of aliphatic hydroxyl groups is 1. The van der Waals surface area contributed by atoms with Gasteiger partial charge >= 0.3 is 5.97 Å². The van der Waals surface area contributed by atoms with Crippen LogP contribution in [0.4, 0.5) is 0 Å². The van der Waals surface area contributed by atoms with Gasteiger partial charge in [0, 0.05) is 7.11 Å². The van der Waals surface area contributed by atoms with Crippen molar-refractivity contribution in [2.24, 2.45) is 0 Å². The van der Waals surface area contributed by atoms with Crippen LogP contribution in [0.25, 0.3) is 0 Å². The molecule has 10 atom stereocenters. The highest BCUT2D eigenvalue weighted by atomic mass is 16.8. The lowest BCUT2D eigenvalue weighted by Crippen LogP contribution is -2.63. The summed E-state index contributed by atoms with van der Waals surface area (Å²) in [5, 5.41) is 11.5. The van der Waals surface area contributed by atoms with Crippen molar-refractivity contribution in [2.45, 2.75) is 102 Å². The van der Waals surface area contributed by atoms with Crippen LogP contribution in [0.3, 0.4) is 0 Å². The van der Waals surface area contributed by atoms with E-state index in [0.29, 0.717) is 5.56 Å². The van der Waals surface area contributed by atoms with Crippen LogP contribution in [-0.2, 0) is 44.5 Å². The van der Waals surface area contributed by atoms with Crippen molar-refractivity contribution in [3.05, 3.63) is 71.8 Å². The maximum atomic E-state index is 13.0. The Kier molecular flexibility index (Phi) is 8.89. The number of benzene rings is 2. The van der Waals surface area contributed by atoms with E-state index in [1.54, 1.807) is 38.3 Å². The minimum absolute atomic E-state index is 0.190. The molecule has 0 saturated carbocycles. The summed E-state index contributed by atoms with van der Waals surface area (Å²) in [6.07, 6.45) is -7.75. The van der Waals surface area contributed by atoms with E-state index in [4.69, 9.17) is 37.9 Å². The fourth-order valence-corrected chi connectivity index (χ4v) is 5.44. The van der Waals surface area contributed by atoms with E-state index in [9.17, 15) is 9.90 Å². The molecule has 218 valence electrons. The van der Waals surface area contributed by atoms with E-state index < -0.39 is 73.2 Å². The molecule has 3 aliphatic rings. The summed E-state index contributed by atoms with van der Waals surface area (Å²) < 4.78 is 48.3. The van der Waals surface area contributed by atoms with Crippen molar-refractivity contribution >= 4 is 5.97 Å². The molecule has 5 rings (SSSR count). The fourth-order valence-electron chi connectivity index (χ4n) is 5.44. The van der Waals surface area contributed by atoms with Crippen molar-refractivity contribution in [3.63, 3.8) is 0 Å². The number of carbonyl (C=O) groups excluding carboxylic acids is 1. The van der Waals surface area contributed by atoms with Crippen molar-refractivity contribution in [1.82, 2.24) is 0 Å². The molecule has 2 aromatic carbocycles. The Bertz CT molecular complexity index is 1110. The highest BCUT2D eigenvalue weighted by Gasteiger charge is 2.57. The molecule has 0 amide bonds. The minimum Gasteiger partial charge on any atom is -0.453 e. The van der Waals surface area contributed by atoms with E-state index >= 15 is 0 Å². The number of hydrogen-bond donors (Lipinski definition) is 1. The number of esters is 1. The first-order chi connectivity index (χ1) is 19.2. The van der Waals surface area contributed by atoms with Gasteiger partial charge in [0.05, 0.1) is 24.4 Å². The van der Waals surface area contributed by atoms with Gasteiger partial charge in [-0.2, -0.15) is 0 Å². The molecule has 10 nitrogen and oxygen atoms in total. The number of rotatable bonds is 8. The molecule has 0 unspecified atom stereocenters. The van der Waals surface area contributed by atoms with Gasteiger partial charge in [-0.3, -0.25) is 0 Å². The van der Waals surface area contributed by atoms with Crippen molar-refractivity contribution < 1.29 is 47.8 Å². The molecule has 0 spiro atoms. The summed E-state index contributed by atoms with van der Waals surface area (Å²) in [6.45, 7) is 7.41. The molecule has 1 N–H and O–H groups in total. The normalized spacial score (nSPS) is 37.0. The fraction of sp³-hybridized carbons (Fsp3) is 0.567. The third-order valence-electron chi connectivity index (χ3n) is 7.38. The Labute approximate surface area is 234 Å². The van der Waals surface area contributed by atoms with Gasteiger partial charge < -0.3 is 43.0 Å². The standard InChI is InChI=1S/C30H38O10/c1-17-22(37-27(32)20-14-10-7-11-15-20)24(34-16-19-12-8-6-9-13-19)21(31)28(35-17)38-23-18(2)36-29(33-5)26-25(23)39-30(3,4)40-26/h6-15,17-18,21-26,28-29,31H,16H2,1-5H3/t17-,18-,21+,22-,23-,24-,25+,26+,28+,29+/m0/s1. The van der Waals surface area contributed by atoms with Gasteiger partial charge in [-0.05, 0) is 45.4 Å². The van der Waals surface area contributed by atoms with E-state index in [-0.39, 0.29) is 6.61 Å². The third kappa shape index (κ3) is 6.24. The SMILES string of the molecule is CO[C@@H]1O[C@@H](C)[C@H](O[C@H]2O[C@@H](C)[C@H](OC(=O)c3ccccc3)[C@@H](OCc3ccccc3)[C@H]2O)[C@H]2OC(C)(C)O[C@@H]12. The molecular formula is C30H38O10. The molecule has 2 aromatic rings. The van der Waals surface area contributed by atoms with E-state index in [1.165, 1.54) is 0 Å². The second-order valence-corrected chi connectivity index (χ2v) is 10.8. The predicted molar refractivity (Wildman–Crippen MR) is 141 cm³/mol. The van der Waals surface area contributed by atoms with E-state index in [0.717, 1.165) is 5.56 Å². The van der Waals surface area contributed by atoms with Gasteiger partial charge in [-0.1, -0.05) is 48.5 Å². The zero-order valence-electron chi connectivity index (χ0n) is 23.4. The first-order valence-corrected chi connectivity index (χ1v) is 13.6. The number of carbonyl (C=O) groups is 1. The third-order valence-corrected chi connectivity index (χ3v) is 7.38. The average Bonchev–Trinajstić information content (AvgIpc) is 3.28. The minimum atomic E-state index is -1.30. The van der Waals surface area contributed by atoms with Gasteiger partial charge in [0.2, 0.25) is 0 Å². The molecule has 10 heteroatoms. The van der Waals surface area contributed by atoms with Gasteiger partial charge in [0.25, 0.3) is 0 Å². The van der Waals surface area contributed by atoms with Gasteiger partial charge in [-0.25, -0.2) is 4.79 Å². The first-order valence-electron chi connectivity index (χ1n) is 13.6. The average molecular weight is 559 g/mol. The molecule has 3 saturated heterocycles. The summed E-state index contributed by atoms with van der Waals surface area (Å²) >= 11 is 0. The lowest BCUT2D eigenvalue weighted by molar-refractivity contribution is -0.343. The molecule has 3 heterocycles. The Morgan fingerprint density at radius 1 is 0.850 bits per heavy atom. The van der Waals surface area contributed by atoms with Crippen LogP contribution in [0.1, 0.15) is 43.6 Å². The van der Waals surface area contributed by atoms with Gasteiger partial charge in [0.15, 0.2) is 24.5 Å². The van der Waals surface area contributed by atoms with Crippen molar-refractivity contribution in [1.29, 1.82) is 0 Å². The van der Waals surface area contributed by atoms with Crippen LogP contribution in [0, 0.1) is 0 Å². The lowest BCUT2D eigenvalue weighted by Gasteiger charge is -2.46. The van der Waals surface area contributed by atoms with Crippen LogP contribution >= 0.6 is 0 Å². The van der Waals surface area contributed by atoms with E-state index in [1.807, 2.05) is 57.2 Å². The van der Waals surface area contributed by atoms with Crippen molar-refractivity contribution in [3.8, 4) is 0 Å². The monoisotopic (exact) mass is 558 g/mol. The molecule has 0 bridgehead atoms. The first kappa shape index (κ1) is 29.1. The van der Waals surface area contributed by atoms with Gasteiger partial charge in [-0.15, -0.1) is 0 Å². The Balaban J connectivity index is 1.36. The molecule has 40 heavy (non-hydrogen) atoms. The molecule has 3 aliphatic heterocycles. The molecule has 0 aromatic heterocycles. The topological polar surface area (TPSA) is 111 Å². The van der Waals surface area contributed by atoms with Gasteiger partial charge in [0.1, 0.15) is 30.5 Å². The quantitative estimate of drug-likeness (QED) is 0.485. The maximum Gasteiger partial charge on any atom is 0.338 e. The van der Waals surface area contributed by atoms with Crippen LogP contribution in [-0.4, -0.2) is 85.4 Å². The Hall–Kier alpha value is -2.41. The number of fused-ring (bicyclic) bond motifs is 1. The highest BCUT2D eigenvalue weighted by Crippen LogP contribution is 2.40. The largest absolute Gasteiger partial charge is 0.453 e. The summed E-state index contributed by atoms with van der Waals surface area (Å²) in [4.78, 5) is 13.0. The van der Waals surface area contributed by atoms with Crippen LogP contribution in [0.15, 0.2) is 60.7 Å². The van der Waals surface area contributed by atoms with Crippen LogP contribution < -0.4 is 0 Å². The zero-order valence-corrected chi connectivity index (χ0v) is 23.4. The smallest absolute Gasteiger partial charge is 0.338 e. The number of methoxy groups -OCH3 is 1. The molecule has 3 fully saturated rings. The molecular weight excluding hydrogens is 520 g/mol. The summed E-state index contributed by atoms with van der Waals surface area (Å²) in [6, 6.07) is 18.2. The zero-order chi connectivity index (χ0) is 28.4.